The first kappa shape index (κ1) is 10.0. The molecule has 1 unspecified atom stereocenters. The van der Waals surface area contributed by atoms with Gasteiger partial charge in [0.2, 0.25) is 0 Å². The monoisotopic (exact) mass is 214 g/mol. The van der Waals surface area contributed by atoms with Crippen LogP contribution in [0.1, 0.15) is 31.2 Å². The van der Waals surface area contributed by atoms with Crippen molar-refractivity contribution >= 4 is 5.57 Å². The van der Waals surface area contributed by atoms with Gasteiger partial charge in [0, 0.05) is 24.5 Å². The van der Waals surface area contributed by atoms with Gasteiger partial charge in [0.15, 0.2) is 0 Å². The Morgan fingerprint density at radius 1 is 1.38 bits per heavy atom. The summed E-state index contributed by atoms with van der Waals surface area (Å²) in [6.45, 7) is 0. The Kier molecular flexibility index (Phi) is 2.52. The van der Waals surface area contributed by atoms with Crippen LogP contribution in [0.5, 0.6) is 0 Å². The van der Waals surface area contributed by atoms with Crippen LogP contribution in [-0.4, -0.2) is 29.0 Å². The highest BCUT2D eigenvalue weighted by Gasteiger charge is 2.31. The van der Waals surface area contributed by atoms with Crippen LogP contribution in [0.2, 0.25) is 0 Å². The lowest BCUT2D eigenvalue weighted by molar-refractivity contribution is 0.137. The van der Waals surface area contributed by atoms with E-state index in [4.69, 9.17) is 0 Å². The topological polar surface area (TPSA) is 16.1 Å². The third-order valence-electron chi connectivity index (χ3n) is 4.02. The largest absolute Gasteiger partial charge is 0.297 e. The Morgan fingerprint density at radius 2 is 2.31 bits per heavy atom. The first-order valence-corrected chi connectivity index (χ1v) is 6.17. The fourth-order valence-electron chi connectivity index (χ4n) is 3.01. The molecule has 3 rings (SSSR count). The summed E-state index contributed by atoms with van der Waals surface area (Å²) in [6.07, 6.45) is 11.5. The molecule has 2 heteroatoms. The van der Waals surface area contributed by atoms with Gasteiger partial charge in [-0.05, 0) is 43.5 Å². The van der Waals surface area contributed by atoms with E-state index < -0.39 is 0 Å². The van der Waals surface area contributed by atoms with Crippen molar-refractivity contribution < 1.29 is 0 Å². The van der Waals surface area contributed by atoms with Gasteiger partial charge in [0.1, 0.15) is 0 Å². The van der Waals surface area contributed by atoms with Crippen LogP contribution in [0.4, 0.5) is 0 Å². The number of aromatic nitrogens is 1. The number of pyridine rings is 1. The van der Waals surface area contributed by atoms with Gasteiger partial charge in [0.25, 0.3) is 0 Å². The van der Waals surface area contributed by atoms with Gasteiger partial charge >= 0.3 is 0 Å². The summed E-state index contributed by atoms with van der Waals surface area (Å²) in [6, 6.07) is 5.62. The van der Waals surface area contributed by atoms with E-state index in [0.717, 1.165) is 6.04 Å². The quantitative estimate of drug-likeness (QED) is 0.714. The van der Waals surface area contributed by atoms with Gasteiger partial charge in [-0.2, -0.15) is 0 Å². The molecule has 3 heterocycles. The van der Waals surface area contributed by atoms with Crippen molar-refractivity contribution in [3.8, 4) is 0 Å². The maximum Gasteiger partial charge on any atom is 0.0342 e. The second-order valence-corrected chi connectivity index (χ2v) is 4.96. The Bertz CT molecular complexity index is 396. The predicted octanol–water partition coefficient (Wildman–Crippen LogP) is 2.72. The van der Waals surface area contributed by atoms with Gasteiger partial charge in [-0.3, -0.25) is 9.88 Å². The number of hydrogen-bond donors (Lipinski definition) is 0. The number of piperidine rings is 1. The summed E-state index contributed by atoms with van der Waals surface area (Å²) in [4.78, 5) is 6.76. The molecule has 2 nitrogen and oxygen atoms in total. The normalized spacial score (nSPS) is 29.9. The first-order chi connectivity index (χ1) is 7.84. The molecule has 0 amide bonds. The van der Waals surface area contributed by atoms with Gasteiger partial charge in [-0.15, -0.1) is 0 Å². The summed E-state index contributed by atoms with van der Waals surface area (Å²) in [7, 11) is 2.27. The fraction of sp³-hybridized carbons (Fsp3) is 0.500. The zero-order valence-electron chi connectivity index (χ0n) is 9.76. The molecule has 1 fully saturated rings. The highest BCUT2D eigenvalue weighted by molar-refractivity contribution is 5.67. The van der Waals surface area contributed by atoms with Gasteiger partial charge in [0.05, 0.1) is 0 Å². The van der Waals surface area contributed by atoms with Crippen LogP contribution in [-0.2, 0) is 0 Å². The highest BCUT2D eigenvalue weighted by Crippen LogP contribution is 2.35. The maximum absolute atomic E-state index is 4.22. The predicted molar refractivity (Wildman–Crippen MR) is 66.0 cm³/mol. The lowest BCUT2D eigenvalue weighted by Crippen LogP contribution is -2.45. The standard InChI is InChI=1S/C14H18N2/c1-16-13-5-2-6-14(16)9-12(8-13)11-4-3-7-15-10-11/h3-4,7-8,10,13-14H,2,5-6,9H2,1H3/t13-,14?/m0/s1. The SMILES string of the molecule is CN1C2CCC[C@H]1C=C(c1cccnc1)C2. The molecule has 1 aromatic rings. The van der Waals surface area contributed by atoms with E-state index in [9.17, 15) is 0 Å². The molecule has 0 saturated carbocycles. The Morgan fingerprint density at radius 3 is 3.06 bits per heavy atom. The average Bonchev–Trinajstić information content (AvgIpc) is 2.30. The van der Waals surface area contributed by atoms with Crippen LogP contribution in [0, 0.1) is 0 Å². The molecule has 0 aromatic carbocycles. The first-order valence-electron chi connectivity index (χ1n) is 6.17. The minimum absolute atomic E-state index is 0.655. The number of hydrogen-bond acceptors (Lipinski definition) is 2. The Hall–Kier alpha value is -1.15. The minimum Gasteiger partial charge on any atom is -0.297 e. The number of rotatable bonds is 1. The second kappa shape index (κ2) is 4.02. The minimum atomic E-state index is 0.655. The highest BCUT2D eigenvalue weighted by atomic mass is 15.2. The summed E-state index contributed by atoms with van der Waals surface area (Å²) in [5, 5.41) is 0. The average molecular weight is 214 g/mol. The molecular weight excluding hydrogens is 196 g/mol. The number of likely N-dealkylation sites (N-methyl/N-ethyl adjacent to an activating group) is 1. The molecule has 84 valence electrons. The molecule has 0 radical (unpaired) electrons. The number of fused-ring (bicyclic) bond motifs is 2. The maximum atomic E-state index is 4.22. The zero-order chi connectivity index (χ0) is 11.0. The van der Waals surface area contributed by atoms with E-state index in [1.807, 2.05) is 18.5 Å². The third kappa shape index (κ3) is 1.67. The molecule has 2 aliphatic rings. The van der Waals surface area contributed by atoms with E-state index in [1.54, 1.807) is 0 Å². The van der Waals surface area contributed by atoms with Crippen molar-refractivity contribution in [1.29, 1.82) is 0 Å². The van der Waals surface area contributed by atoms with E-state index in [2.05, 4.69) is 29.1 Å². The van der Waals surface area contributed by atoms with Crippen LogP contribution < -0.4 is 0 Å². The van der Waals surface area contributed by atoms with Gasteiger partial charge < -0.3 is 0 Å². The fourth-order valence-corrected chi connectivity index (χ4v) is 3.01. The molecular formula is C14H18N2. The van der Waals surface area contributed by atoms with Crippen molar-refractivity contribution in [2.24, 2.45) is 0 Å². The number of nitrogens with zero attached hydrogens (tertiary/aromatic N) is 2. The summed E-state index contributed by atoms with van der Waals surface area (Å²) >= 11 is 0. The van der Waals surface area contributed by atoms with Crippen molar-refractivity contribution in [2.45, 2.75) is 37.8 Å². The van der Waals surface area contributed by atoms with E-state index in [-0.39, 0.29) is 0 Å². The molecule has 1 saturated heterocycles. The lowest BCUT2D eigenvalue weighted by atomic mass is 9.84. The second-order valence-electron chi connectivity index (χ2n) is 4.96. The molecule has 2 aliphatic heterocycles. The van der Waals surface area contributed by atoms with Crippen LogP contribution in [0.25, 0.3) is 5.57 Å². The van der Waals surface area contributed by atoms with Crippen LogP contribution >= 0.6 is 0 Å². The third-order valence-corrected chi connectivity index (χ3v) is 4.02. The molecule has 2 bridgehead atoms. The van der Waals surface area contributed by atoms with Crippen molar-refractivity contribution in [2.75, 3.05) is 7.05 Å². The molecule has 2 atom stereocenters. The van der Waals surface area contributed by atoms with Gasteiger partial charge in [-0.1, -0.05) is 18.6 Å². The lowest BCUT2D eigenvalue weighted by Gasteiger charge is -2.42. The molecule has 0 N–H and O–H groups in total. The summed E-state index contributed by atoms with van der Waals surface area (Å²) < 4.78 is 0. The molecule has 16 heavy (non-hydrogen) atoms. The zero-order valence-corrected chi connectivity index (χ0v) is 9.76. The summed E-state index contributed by atoms with van der Waals surface area (Å²) in [5.74, 6) is 0. The Balaban J connectivity index is 1.93. The van der Waals surface area contributed by atoms with Crippen molar-refractivity contribution in [1.82, 2.24) is 9.88 Å². The smallest absolute Gasteiger partial charge is 0.0342 e. The van der Waals surface area contributed by atoms with Crippen molar-refractivity contribution in [3.63, 3.8) is 0 Å². The summed E-state index contributed by atoms with van der Waals surface area (Å²) in [5.41, 5.74) is 2.81. The van der Waals surface area contributed by atoms with E-state index >= 15 is 0 Å². The van der Waals surface area contributed by atoms with Crippen LogP contribution in [0.3, 0.4) is 0 Å². The Labute approximate surface area is 97.0 Å². The molecule has 0 spiro atoms. The molecule has 0 aliphatic carbocycles. The molecule has 1 aromatic heterocycles. The van der Waals surface area contributed by atoms with Crippen molar-refractivity contribution in [3.05, 3.63) is 36.2 Å². The van der Waals surface area contributed by atoms with E-state index in [0.29, 0.717) is 6.04 Å². The van der Waals surface area contributed by atoms with E-state index in [1.165, 1.54) is 36.8 Å². The van der Waals surface area contributed by atoms with Gasteiger partial charge in [-0.25, -0.2) is 0 Å². The van der Waals surface area contributed by atoms with Crippen LogP contribution in [0.15, 0.2) is 30.6 Å².